The van der Waals surface area contributed by atoms with Gasteiger partial charge >= 0.3 is 0 Å². The third-order valence-electron chi connectivity index (χ3n) is 6.06. The van der Waals surface area contributed by atoms with Gasteiger partial charge in [-0.05, 0) is 54.4 Å². The van der Waals surface area contributed by atoms with Crippen molar-refractivity contribution in [1.29, 1.82) is 0 Å². The third kappa shape index (κ3) is 4.42. The highest BCUT2D eigenvalue weighted by Gasteiger charge is 2.45. The number of pyridine rings is 1. The number of carbonyl (C=O) groups is 2. The monoisotopic (exact) mass is 474 g/mol. The van der Waals surface area contributed by atoms with Gasteiger partial charge in [-0.25, -0.2) is 4.98 Å². The number of aryl methyl sites for hydroxylation is 1. The average Bonchev–Trinajstić information content (AvgIpc) is 3.13. The number of rotatable bonds is 7. The largest absolute Gasteiger partial charge is 0.872 e. The number of hydrogen-bond donors (Lipinski definition) is 0. The predicted octanol–water partition coefficient (Wildman–Crippen LogP) is 2.26. The number of Topliss-reactive ketones (excluding diaryl/α,β-unsaturated/α-hetero) is 1. The number of carbonyl (C=O) groups excluding carboxylic acids is 2. The van der Waals surface area contributed by atoms with Crippen molar-refractivity contribution in [2.45, 2.75) is 19.5 Å². The lowest BCUT2D eigenvalue weighted by Crippen LogP contribution is -2.30. The molecule has 1 atom stereocenters. The molecule has 4 rings (SSSR count). The molecule has 1 saturated heterocycles. The zero-order valence-corrected chi connectivity index (χ0v) is 20.0. The summed E-state index contributed by atoms with van der Waals surface area (Å²) < 4.78 is 16.2. The molecule has 0 spiro atoms. The molecule has 1 aliphatic heterocycles. The van der Waals surface area contributed by atoms with Crippen LogP contribution in [0.15, 0.2) is 66.5 Å². The molecule has 1 N–H and O–H groups in total. The Labute approximate surface area is 203 Å². The highest BCUT2D eigenvalue weighted by molar-refractivity contribution is 6.46. The Balaban J connectivity index is 1.95. The van der Waals surface area contributed by atoms with E-state index in [1.54, 1.807) is 61.8 Å². The van der Waals surface area contributed by atoms with Crippen LogP contribution in [0, 0.1) is 6.92 Å². The van der Waals surface area contributed by atoms with E-state index in [0.717, 1.165) is 5.56 Å². The molecule has 8 heteroatoms. The Morgan fingerprint density at radius 2 is 1.71 bits per heavy atom. The van der Waals surface area contributed by atoms with Crippen LogP contribution in [0.2, 0.25) is 0 Å². The summed E-state index contributed by atoms with van der Waals surface area (Å²) in [5.41, 5.74) is 2.09. The van der Waals surface area contributed by atoms with Crippen LogP contribution in [0.25, 0.3) is 5.76 Å². The molecule has 8 nitrogen and oxygen atoms in total. The maximum atomic E-state index is 13.8. The lowest BCUT2D eigenvalue weighted by molar-refractivity contribution is -0.378. The first-order valence-electron chi connectivity index (χ1n) is 11.0. The van der Waals surface area contributed by atoms with Crippen LogP contribution in [0.4, 0.5) is 0 Å². The lowest BCUT2D eigenvalue weighted by Gasteiger charge is -2.29. The zero-order chi connectivity index (χ0) is 25.1. The zero-order valence-electron chi connectivity index (χ0n) is 20.0. The fourth-order valence-corrected chi connectivity index (χ4v) is 4.30. The van der Waals surface area contributed by atoms with Crippen molar-refractivity contribution >= 4 is 17.4 Å². The molecule has 0 radical (unpaired) electrons. The van der Waals surface area contributed by atoms with Gasteiger partial charge in [0, 0.05) is 22.8 Å². The molecule has 3 aromatic rings. The number of aromatic amines is 1. The van der Waals surface area contributed by atoms with Gasteiger partial charge in [-0.1, -0.05) is 11.8 Å². The van der Waals surface area contributed by atoms with Crippen LogP contribution in [-0.4, -0.2) is 37.9 Å². The van der Waals surface area contributed by atoms with E-state index in [1.807, 2.05) is 6.07 Å². The Morgan fingerprint density at radius 3 is 2.34 bits per heavy atom. The van der Waals surface area contributed by atoms with Gasteiger partial charge in [0.1, 0.15) is 17.2 Å². The number of nitrogens with one attached hydrogen (secondary N) is 1. The normalized spacial score (nSPS) is 16.9. The first-order valence-corrected chi connectivity index (χ1v) is 11.0. The summed E-state index contributed by atoms with van der Waals surface area (Å²) in [6.07, 6.45) is 3.49. The van der Waals surface area contributed by atoms with Crippen molar-refractivity contribution in [3.8, 4) is 17.2 Å². The van der Waals surface area contributed by atoms with Gasteiger partial charge in [-0.2, -0.15) is 0 Å². The number of H-pyrrole nitrogens is 1. The van der Waals surface area contributed by atoms with Gasteiger partial charge in [-0.15, -0.1) is 0 Å². The number of aromatic nitrogens is 1. The van der Waals surface area contributed by atoms with Gasteiger partial charge in [0.2, 0.25) is 5.78 Å². The minimum atomic E-state index is -0.964. The second-order valence-corrected chi connectivity index (χ2v) is 8.11. The van der Waals surface area contributed by atoms with Crippen LogP contribution < -0.4 is 24.3 Å². The van der Waals surface area contributed by atoms with Gasteiger partial charge in [0.15, 0.2) is 12.4 Å². The Kier molecular flexibility index (Phi) is 6.73. The Hall–Kier alpha value is -4.33. The van der Waals surface area contributed by atoms with Gasteiger partial charge in [0.05, 0.1) is 33.9 Å². The highest BCUT2D eigenvalue weighted by Crippen LogP contribution is 2.44. The van der Waals surface area contributed by atoms with E-state index in [2.05, 4.69) is 4.98 Å². The van der Waals surface area contributed by atoms with Crippen LogP contribution in [0.3, 0.4) is 0 Å². The number of amides is 1. The molecular weight excluding hydrogens is 448 g/mol. The fraction of sp³-hybridized carbons (Fsp3) is 0.222. The van der Waals surface area contributed by atoms with Crippen molar-refractivity contribution < 1.29 is 33.9 Å². The van der Waals surface area contributed by atoms with E-state index in [4.69, 9.17) is 14.2 Å². The minimum absolute atomic E-state index is 0.116. The van der Waals surface area contributed by atoms with Crippen LogP contribution >= 0.6 is 0 Å². The van der Waals surface area contributed by atoms with E-state index in [9.17, 15) is 14.7 Å². The quantitative estimate of drug-likeness (QED) is 0.296. The van der Waals surface area contributed by atoms with E-state index in [0.29, 0.717) is 33.9 Å². The second-order valence-electron chi connectivity index (χ2n) is 8.11. The molecule has 2 heterocycles. The molecule has 1 aliphatic rings. The Bertz CT molecular complexity index is 1300. The van der Waals surface area contributed by atoms with E-state index in [-0.39, 0.29) is 12.1 Å². The molecule has 0 aliphatic carbocycles. The number of nitrogens with zero attached hydrogens (tertiary/aromatic N) is 1. The van der Waals surface area contributed by atoms with Gasteiger partial charge in [-0.3, -0.25) is 9.59 Å². The minimum Gasteiger partial charge on any atom is -0.872 e. The number of likely N-dealkylation sites (tertiary alicyclic amines) is 1. The molecule has 2 aromatic carbocycles. The molecule has 1 unspecified atom stereocenters. The summed E-state index contributed by atoms with van der Waals surface area (Å²) in [6.45, 7) is 1.88. The summed E-state index contributed by atoms with van der Waals surface area (Å²) >= 11 is 0. The molecule has 1 fully saturated rings. The van der Waals surface area contributed by atoms with Crippen molar-refractivity contribution in [3.63, 3.8) is 0 Å². The summed E-state index contributed by atoms with van der Waals surface area (Å²) in [5.74, 6) is -0.572. The van der Waals surface area contributed by atoms with Crippen molar-refractivity contribution in [2.75, 3.05) is 21.3 Å². The summed E-state index contributed by atoms with van der Waals surface area (Å²) in [7, 11) is 4.55. The smallest absolute Gasteiger partial charge is 0.295 e. The summed E-state index contributed by atoms with van der Waals surface area (Å²) in [5, 5.41) is 13.8. The standard InChI is InChI=1S/C27H26N2O6/c1-16-12-18(33-2)7-9-20(16)25(30)23-24(21-13-19(34-3)8-10-22(21)35-4)29(27(32)26(23)31)15-17-6-5-11-28-14-17/h5-14,24,30H,15H2,1-4H3. The molecule has 1 aromatic heterocycles. The number of ether oxygens (including phenoxy) is 3. The van der Waals surface area contributed by atoms with Crippen molar-refractivity contribution in [2.24, 2.45) is 0 Å². The number of ketones is 1. The molecule has 0 bridgehead atoms. The number of hydrogen-bond acceptors (Lipinski definition) is 6. The predicted molar refractivity (Wildman–Crippen MR) is 125 cm³/mol. The molecule has 35 heavy (non-hydrogen) atoms. The highest BCUT2D eigenvalue weighted by atomic mass is 16.5. The topological polar surface area (TPSA) is 102 Å². The maximum absolute atomic E-state index is 13.8. The van der Waals surface area contributed by atoms with E-state index in [1.165, 1.54) is 26.2 Å². The molecule has 180 valence electrons. The van der Waals surface area contributed by atoms with Crippen LogP contribution in [0.1, 0.15) is 28.3 Å². The van der Waals surface area contributed by atoms with Crippen LogP contribution in [0.5, 0.6) is 17.2 Å². The second kappa shape index (κ2) is 9.89. The first kappa shape index (κ1) is 23.8. The van der Waals surface area contributed by atoms with Crippen molar-refractivity contribution in [1.82, 2.24) is 4.90 Å². The number of methoxy groups -OCH3 is 3. The molecule has 0 saturated carbocycles. The molecule has 1 amide bonds. The third-order valence-corrected chi connectivity index (χ3v) is 6.06. The Morgan fingerprint density at radius 1 is 1.00 bits per heavy atom. The summed E-state index contributed by atoms with van der Waals surface area (Å²) in [6, 6.07) is 12.7. The van der Waals surface area contributed by atoms with Gasteiger partial charge < -0.3 is 24.2 Å². The summed E-state index contributed by atoms with van der Waals surface area (Å²) in [4.78, 5) is 31.0. The first-order chi connectivity index (χ1) is 16.9. The number of benzene rings is 2. The van der Waals surface area contributed by atoms with Crippen molar-refractivity contribution in [3.05, 3.63) is 88.8 Å². The van der Waals surface area contributed by atoms with Crippen LogP contribution in [-0.2, 0) is 16.1 Å². The lowest BCUT2D eigenvalue weighted by atomic mass is 9.93. The maximum Gasteiger partial charge on any atom is 0.295 e. The fourth-order valence-electron chi connectivity index (χ4n) is 4.30. The van der Waals surface area contributed by atoms with E-state index < -0.39 is 23.5 Å². The SMILES string of the molecule is COc1ccc(C([O-])=C2C(=O)C(=O)N(Cc3ccc[nH+]c3)C2c2cc(OC)ccc2OC)c(C)c1. The van der Waals surface area contributed by atoms with E-state index >= 15 is 0 Å². The van der Waals surface area contributed by atoms with Gasteiger partial charge in [0.25, 0.3) is 5.91 Å². The molecular formula is C27H26N2O6. The average molecular weight is 475 g/mol.